The molecule has 0 aliphatic rings. The van der Waals surface area contributed by atoms with Crippen LogP contribution in [0.25, 0.3) is 5.69 Å². The molecule has 0 saturated carbocycles. The van der Waals surface area contributed by atoms with Crippen molar-refractivity contribution in [3.8, 4) is 17.2 Å². The average molecular weight is 351 g/mol. The molecule has 0 fully saturated rings. The minimum absolute atomic E-state index is 0.274. The van der Waals surface area contributed by atoms with Crippen molar-refractivity contribution in [2.24, 2.45) is 0 Å². The zero-order valence-corrected chi connectivity index (χ0v) is 14.7. The van der Waals surface area contributed by atoms with E-state index in [2.05, 4.69) is 10.6 Å². The number of hydrogen-bond donors (Lipinski definition) is 2. The van der Waals surface area contributed by atoms with Crippen LogP contribution < -0.4 is 20.1 Å². The molecule has 0 bridgehead atoms. The number of anilines is 1. The Morgan fingerprint density at radius 3 is 2.46 bits per heavy atom. The number of urea groups is 1. The second-order valence-corrected chi connectivity index (χ2v) is 5.64. The van der Waals surface area contributed by atoms with Crippen molar-refractivity contribution >= 4 is 11.7 Å². The Hall–Kier alpha value is -3.41. The number of rotatable bonds is 6. The summed E-state index contributed by atoms with van der Waals surface area (Å²) in [5.74, 6) is 1.29. The van der Waals surface area contributed by atoms with Crippen LogP contribution in [0.2, 0.25) is 0 Å². The molecule has 3 rings (SSSR count). The van der Waals surface area contributed by atoms with Crippen LogP contribution in [0.4, 0.5) is 10.5 Å². The minimum atomic E-state index is -0.274. The Morgan fingerprint density at radius 1 is 0.962 bits per heavy atom. The predicted octanol–water partition coefficient (Wildman–Crippen LogP) is 3.82. The predicted molar refractivity (Wildman–Crippen MR) is 101 cm³/mol. The third kappa shape index (κ3) is 4.16. The van der Waals surface area contributed by atoms with Gasteiger partial charge in [-0.2, -0.15) is 0 Å². The first-order valence-electron chi connectivity index (χ1n) is 8.19. The normalized spacial score (nSPS) is 10.2. The molecule has 0 radical (unpaired) electrons. The van der Waals surface area contributed by atoms with E-state index in [4.69, 9.17) is 9.47 Å². The first-order valence-corrected chi connectivity index (χ1v) is 8.19. The fourth-order valence-electron chi connectivity index (χ4n) is 2.60. The van der Waals surface area contributed by atoms with Crippen LogP contribution in [-0.4, -0.2) is 24.8 Å². The van der Waals surface area contributed by atoms with E-state index in [9.17, 15) is 4.79 Å². The van der Waals surface area contributed by atoms with E-state index in [1.54, 1.807) is 14.2 Å². The summed E-state index contributed by atoms with van der Waals surface area (Å²) in [6.45, 7) is 0.378. The van der Waals surface area contributed by atoms with Gasteiger partial charge in [0.05, 0.1) is 14.2 Å². The average Bonchev–Trinajstić information content (AvgIpc) is 3.21. The van der Waals surface area contributed by atoms with Crippen molar-refractivity contribution in [2.45, 2.75) is 6.54 Å². The molecule has 2 N–H and O–H groups in total. The summed E-state index contributed by atoms with van der Waals surface area (Å²) in [5, 5.41) is 5.68. The lowest BCUT2D eigenvalue weighted by Crippen LogP contribution is -2.28. The number of carbonyl (C=O) groups is 1. The smallest absolute Gasteiger partial charge is 0.319 e. The van der Waals surface area contributed by atoms with Gasteiger partial charge in [-0.1, -0.05) is 12.1 Å². The summed E-state index contributed by atoms with van der Waals surface area (Å²) >= 11 is 0. The Balaban J connectivity index is 1.60. The Bertz CT molecular complexity index is 876. The van der Waals surface area contributed by atoms with Gasteiger partial charge < -0.3 is 24.7 Å². The molecule has 26 heavy (non-hydrogen) atoms. The van der Waals surface area contributed by atoms with E-state index in [1.165, 1.54) is 0 Å². The summed E-state index contributed by atoms with van der Waals surface area (Å²) in [7, 11) is 3.17. The van der Waals surface area contributed by atoms with Crippen LogP contribution in [0.5, 0.6) is 11.5 Å². The molecule has 0 atom stereocenters. The van der Waals surface area contributed by atoms with Gasteiger partial charge in [-0.3, -0.25) is 0 Å². The summed E-state index contributed by atoms with van der Waals surface area (Å²) < 4.78 is 12.5. The van der Waals surface area contributed by atoms with Crippen molar-refractivity contribution in [1.82, 2.24) is 9.88 Å². The molecule has 2 aromatic carbocycles. The van der Waals surface area contributed by atoms with Gasteiger partial charge in [-0.15, -0.1) is 0 Å². The first-order chi connectivity index (χ1) is 12.7. The summed E-state index contributed by atoms with van der Waals surface area (Å²) in [6, 6.07) is 16.8. The van der Waals surface area contributed by atoms with E-state index < -0.39 is 0 Å². The maximum absolute atomic E-state index is 12.2. The molecule has 2 amide bonds. The number of nitrogens with one attached hydrogen (secondary N) is 2. The fourth-order valence-corrected chi connectivity index (χ4v) is 2.60. The molecule has 1 heterocycles. The van der Waals surface area contributed by atoms with Crippen LogP contribution in [0.1, 0.15) is 5.56 Å². The van der Waals surface area contributed by atoms with E-state index in [-0.39, 0.29) is 6.03 Å². The highest BCUT2D eigenvalue weighted by Crippen LogP contribution is 2.27. The van der Waals surface area contributed by atoms with E-state index >= 15 is 0 Å². The fraction of sp³-hybridized carbons (Fsp3) is 0.150. The van der Waals surface area contributed by atoms with Crippen LogP contribution in [0.15, 0.2) is 67.0 Å². The van der Waals surface area contributed by atoms with Gasteiger partial charge in [-0.25, -0.2) is 4.79 Å². The molecule has 6 nitrogen and oxygen atoms in total. The monoisotopic (exact) mass is 351 g/mol. The molecular weight excluding hydrogens is 330 g/mol. The third-order valence-corrected chi connectivity index (χ3v) is 3.91. The van der Waals surface area contributed by atoms with Gasteiger partial charge in [-0.05, 0) is 48.0 Å². The van der Waals surface area contributed by atoms with Crippen molar-refractivity contribution in [3.63, 3.8) is 0 Å². The SMILES string of the molecule is COc1ccc(CNC(=O)Nc2cccc(-n3cccc3)c2)cc1OC. The number of benzene rings is 2. The highest BCUT2D eigenvalue weighted by molar-refractivity contribution is 5.89. The zero-order chi connectivity index (χ0) is 18.4. The van der Waals surface area contributed by atoms with Crippen molar-refractivity contribution in [2.75, 3.05) is 19.5 Å². The number of hydrogen-bond acceptors (Lipinski definition) is 3. The van der Waals surface area contributed by atoms with Gasteiger partial charge >= 0.3 is 6.03 Å². The third-order valence-electron chi connectivity index (χ3n) is 3.91. The molecule has 3 aromatic rings. The lowest BCUT2D eigenvalue weighted by Gasteiger charge is -2.11. The van der Waals surface area contributed by atoms with Gasteiger partial charge in [0, 0.05) is 30.3 Å². The van der Waals surface area contributed by atoms with Crippen molar-refractivity contribution in [3.05, 3.63) is 72.6 Å². The molecule has 0 spiro atoms. The zero-order valence-electron chi connectivity index (χ0n) is 14.7. The Kier molecular flexibility index (Phi) is 5.43. The van der Waals surface area contributed by atoms with Crippen LogP contribution in [0, 0.1) is 0 Å². The van der Waals surface area contributed by atoms with Gasteiger partial charge in [0.1, 0.15) is 0 Å². The van der Waals surface area contributed by atoms with Crippen LogP contribution in [-0.2, 0) is 6.54 Å². The Morgan fingerprint density at radius 2 is 1.73 bits per heavy atom. The van der Waals surface area contributed by atoms with E-state index in [0.717, 1.165) is 16.9 Å². The molecule has 6 heteroatoms. The van der Waals surface area contributed by atoms with Crippen LogP contribution in [0.3, 0.4) is 0 Å². The second-order valence-electron chi connectivity index (χ2n) is 5.64. The van der Waals surface area contributed by atoms with Gasteiger partial charge in [0.2, 0.25) is 0 Å². The molecule has 134 valence electrons. The van der Waals surface area contributed by atoms with Crippen molar-refractivity contribution in [1.29, 1.82) is 0 Å². The Labute approximate surface area is 152 Å². The standard InChI is InChI=1S/C20H21N3O3/c1-25-18-9-8-15(12-19(18)26-2)14-21-20(24)22-16-6-5-7-17(13-16)23-10-3-4-11-23/h3-13H,14H2,1-2H3,(H2,21,22,24). The summed E-state index contributed by atoms with van der Waals surface area (Å²) in [5.41, 5.74) is 2.62. The summed E-state index contributed by atoms with van der Waals surface area (Å²) in [4.78, 5) is 12.2. The molecule has 0 aliphatic carbocycles. The largest absolute Gasteiger partial charge is 0.493 e. The molecule has 0 unspecified atom stereocenters. The number of nitrogens with zero attached hydrogens (tertiary/aromatic N) is 1. The topological polar surface area (TPSA) is 64.5 Å². The van der Waals surface area contributed by atoms with Crippen molar-refractivity contribution < 1.29 is 14.3 Å². The molecule has 1 aromatic heterocycles. The summed E-state index contributed by atoms with van der Waals surface area (Å²) in [6.07, 6.45) is 3.91. The lowest BCUT2D eigenvalue weighted by molar-refractivity contribution is 0.251. The molecular formula is C20H21N3O3. The number of amides is 2. The van der Waals surface area contributed by atoms with Crippen LogP contribution >= 0.6 is 0 Å². The number of aromatic nitrogens is 1. The highest BCUT2D eigenvalue weighted by atomic mass is 16.5. The number of methoxy groups -OCH3 is 2. The van der Waals surface area contributed by atoms with E-state index in [1.807, 2.05) is 71.6 Å². The maximum atomic E-state index is 12.2. The first kappa shape index (κ1) is 17.4. The minimum Gasteiger partial charge on any atom is -0.493 e. The maximum Gasteiger partial charge on any atom is 0.319 e. The number of carbonyl (C=O) groups excluding carboxylic acids is 1. The van der Waals surface area contributed by atoms with Gasteiger partial charge in [0.15, 0.2) is 11.5 Å². The lowest BCUT2D eigenvalue weighted by atomic mass is 10.2. The van der Waals surface area contributed by atoms with E-state index in [0.29, 0.717) is 18.0 Å². The molecule has 0 aliphatic heterocycles. The number of ether oxygens (including phenoxy) is 2. The highest BCUT2D eigenvalue weighted by Gasteiger charge is 2.07. The quantitative estimate of drug-likeness (QED) is 0.710. The van der Waals surface area contributed by atoms with Gasteiger partial charge in [0.25, 0.3) is 0 Å². The second kappa shape index (κ2) is 8.11. The molecule has 0 saturated heterocycles.